The van der Waals surface area contributed by atoms with Gasteiger partial charge in [0.15, 0.2) is 0 Å². The van der Waals surface area contributed by atoms with E-state index in [0.29, 0.717) is 17.7 Å². The van der Waals surface area contributed by atoms with Gasteiger partial charge in [0.2, 0.25) is 0 Å². The van der Waals surface area contributed by atoms with Gasteiger partial charge in [0, 0.05) is 5.69 Å². The molecule has 1 aliphatic carbocycles. The summed E-state index contributed by atoms with van der Waals surface area (Å²) in [6, 6.07) is 14.9. The van der Waals surface area contributed by atoms with E-state index in [1.54, 1.807) is 0 Å². The lowest BCUT2D eigenvalue weighted by Gasteiger charge is -2.16. The second-order valence-electron chi connectivity index (χ2n) is 5.01. The molecule has 20 heavy (non-hydrogen) atoms. The first kappa shape index (κ1) is 13.3. The predicted molar refractivity (Wildman–Crippen MR) is 83.7 cm³/mol. The van der Waals surface area contributed by atoms with Gasteiger partial charge in [-0.3, -0.25) is 0 Å². The van der Waals surface area contributed by atoms with E-state index in [-0.39, 0.29) is 0 Å². The van der Waals surface area contributed by atoms with Crippen LogP contribution >= 0.6 is 11.6 Å². The number of hydrogen-bond donors (Lipinski definition) is 1. The van der Waals surface area contributed by atoms with E-state index >= 15 is 0 Å². The van der Waals surface area contributed by atoms with Gasteiger partial charge in [-0.1, -0.05) is 35.9 Å². The predicted octanol–water partition coefficient (Wildman–Crippen LogP) is 4.84. The lowest BCUT2D eigenvalue weighted by molar-refractivity contribution is 0.340. The van der Waals surface area contributed by atoms with Crippen molar-refractivity contribution in [2.45, 2.75) is 25.8 Å². The van der Waals surface area contributed by atoms with E-state index in [0.717, 1.165) is 24.3 Å². The highest BCUT2D eigenvalue weighted by atomic mass is 35.5. The smallest absolute Gasteiger partial charge is 0.138 e. The van der Waals surface area contributed by atoms with Gasteiger partial charge >= 0.3 is 0 Å². The number of aryl methyl sites for hydroxylation is 1. The first-order chi connectivity index (χ1) is 9.78. The molecular formula is C17H18ClNO. The summed E-state index contributed by atoms with van der Waals surface area (Å²) in [6.07, 6.45) is 2.27. The second-order valence-corrected chi connectivity index (χ2v) is 5.42. The molecule has 1 aliphatic rings. The molecule has 0 saturated heterocycles. The Morgan fingerprint density at radius 1 is 1.25 bits per heavy atom. The van der Waals surface area contributed by atoms with Crippen molar-refractivity contribution in [1.29, 1.82) is 0 Å². The van der Waals surface area contributed by atoms with Crippen LogP contribution in [0.25, 0.3) is 0 Å². The van der Waals surface area contributed by atoms with Crippen LogP contribution in [-0.4, -0.2) is 6.61 Å². The lowest BCUT2D eigenvalue weighted by Crippen LogP contribution is -2.07. The van der Waals surface area contributed by atoms with Gasteiger partial charge in [0.05, 0.1) is 17.7 Å². The van der Waals surface area contributed by atoms with Crippen LogP contribution in [-0.2, 0) is 6.42 Å². The fourth-order valence-electron chi connectivity index (χ4n) is 2.77. The summed E-state index contributed by atoms with van der Waals surface area (Å²) in [6.45, 7) is 2.58. The highest BCUT2D eigenvalue weighted by Gasteiger charge is 2.21. The molecule has 0 heterocycles. The molecule has 1 atom stereocenters. The van der Waals surface area contributed by atoms with Gasteiger partial charge in [-0.15, -0.1) is 0 Å². The number of halogens is 1. The van der Waals surface area contributed by atoms with Crippen molar-refractivity contribution in [2.75, 3.05) is 11.9 Å². The number of hydrogen-bond acceptors (Lipinski definition) is 2. The maximum absolute atomic E-state index is 6.23. The molecule has 0 fully saturated rings. The van der Waals surface area contributed by atoms with Crippen LogP contribution in [0.3, 0.4) is 0 Å². The average molecular weight is 288 g/mol. The molecule has 0 saturated carbocycles. The van der Waals surface area contributed by atoms with Crippen LogP contribution in [0.15, 0.2) is 42.5 Å². The maximum Gasteiger partial charge on any atom is 0.138 e. The monoisotopic (exact) mass is 287 g/mol. The first-order valence-electron chi connectivity index (χ1n) is 7.04. The van der Waals surface area contributed by atoms with Crippen molar-refractivity contribution >= 4 is 17.3 Å². The Bertz CT molecular complexity index is 612. The fraction of sp³-hybridized carbons (Fsp3) is 0.294. The van der Waals surface area contributed by atoms with E-state index in [2.05, 4.69) is 29.6 Å². The minimum atomic E-state index is 0.375. The standard InChI is InChI=1S/C17H18ClNO/c1-2-20-17-10-8-13(11-15(17)18)19-16-9-7-12-5-3-4-6-14(12)16/h3-6,8,10-11,16,19H,2,7,9H2,1H3. The molecule has 2 nitrogen and oxygen atoms in total. The molecule has 0 bridgehead atoms. The normalized spacial score (nSPS) is 16.8. The van der Waals surface area contributed by atoms with Crippen LogP contribution in [0.4, 0.5) is 5.69 Å². The van der Waals surface area contributed by atoms with Crippen molar-refractivity contribution in [3.05, 3.63) is 58.6 Å². The van der Waals surface area contributed by atoms with E-state index in [9.17, 15) is 0 Å². The van der Waals surface area contributed by atoms with Crippen LogP contribution in [0.2, 0.25) is 5.02 Å². The maximum atomic E-state index is 6.23. The van der Waals surface area contributed by atoms with Gasteiger partial charge in [0.25, 0.3) is 0 Å². The number of nitrogens with one attached hydrogen (secondary N) is 1. The van der Waals surface area contributed by atoms with Crippen molar-refractivity contribution in [2.24, 2.45) is 0 Å². The molecule has 0 radical (unpaired) electrons. The summed E-state index contributed by atoms with van der Waals surface area (Å²) < 4.78 is 5.46. The third-order valence-electron chi connectivity index (χ3n) is 3.71. The van der Waals surface area contributed by atoms with Crippen molar-refractivity contribution in [1.82, 2.24) is 0 Å². The first-order valence-corrected chi connectivity index (χ1v) is 7.42. The third kappa shape index (κ3) is 2.61. The Labute approximate surface area is 124 Å². The van der Waals surface area contributed by atoms with Crippen LogP contribution in [0.1, 0.15) is 30.5 Å². The van der Waals surface area contributed by atoms with Crippen LogP contribution in [0.5, 0.6) is 5.75 Å². The fourth-order valence-corrected chi connectivity index (χ4v) is 3.01. The molecule has 0 aromatic heterocycles. The summed E-state index contributed by atoms with van der Waals surface area (Å²) in [5, 5.41) is 4.22. The quantitative estimate of drug-likeness (QED) is 0.869. The number of benzene rings is 2. The summed E-state index contributed by atoms with van der Waals surface area (Å²) in [4.78, 5) is 0. The van der Waals surface area contributed by atoms with Gasteiger partial charge < -0.3 is 10.1 Å². The van der Waals surface area contributed by atoms with Gasteiger partial charge in [-0.25, -0.2) is 0 Å². The second kappa shape index (κ2) is 5.76. The largest absolute Gasteiger partial charge is 0.492 e. The highest BCUT2D eigenvalue weighted by molar-refractivity contribution is 6.32. The molecule has 0 spiro atoms. The Balaban J connectivity index is 1.78. The SMILES string of the molecule is CCOc1ccc(NC2CCc3ccccc32)cc1Cl. The summed E-state index contributed by atoms with van der Waals surface area (Å²) in [7, 11) is 0. The summed E-state index contributed by atoms with van der Waals surface area (Å²) in [5.74, 6) is 0.742. The van der Waals surface area contributed by atoms with Crippen LogP contribution < -0.4 is 10.1 Å². The van der Waals surface area contributed by atoms with Crippen molar-refractivity contribution in [3.8, 4) is 5.75 Å². The molecular weight excluding hydrogens is 270 g/mol. The topological polar surface area (TPSA) is 21.3 Å². The Morgan fingerprint density at radius 3 is 2.90 bits per heavy atom. The average Bonchev–Trinajstić information content (AvgIpc) is 2.86. The van der Waals surface area contributed by atoms with Gasteiger partial charge in [0.1, 0.15) is 5.75 Å². The van der Waals surface area contributed by atoms with E-state index in [4.69, 9.17) is 16.3 Å². The molecule has 0 aliphatic heterocycles. The molecule has 3 rings (SSSR count). The molecule has 2 aromatic carbocycles. The summed E-state index contributed by atoms with van der Waals surface area (Å²) >= 11 is 6.23. The Kier molecular flexibility index (Phi) is 3.83. The minimum absolute atomic E-state index is 0.375. The molecule has 1 unspecified atom stereocenters. The van der Waals surface area contributed by atoms with E-state index in [1.165, 1.54) is 11.1 Å². The minimum Gasteiger partial charge on any atom is -0.492 e. The zero-order valence-electron chi connectivity index (χ0n) is 11.5. The number of anilines is 1. The zero-order chi connectivity index (χ0) is 13.9. The van der Waals surface area contributed by atoms with Crippen LogP contribution in [0, 0.1) is 0 Å². The lowest BCUT2D eigenvalue weighted by atomic mass is 10.1. The number of fused-ring (bicyclic) bond motifs is 1. The molecule has 3 heteroatoms. The molecule has 2 aromatic rings. The molecule has 0 amide bonds. The highest BCUT2D eigenvalue weighted by Crippen LogP contribution is 2.35. The van der Waals surface area contributed by atoms with E-state index in [1.807, 2.05) is 25.1 Å². The zero-order valence-corrected chi connectivity index (χ0v) is 12.3. The Morgan fingerprint density at radius 2 is 2.10 bits per heavy atom. The summed E-state index contributed by atoms with van der Waals surface area (Å²) in [5.41, 5.74) is 3.89. The van der Waals surface area contributed by atoms with Crippen molar-refractivity contribution in [3.63, 3.8) is 0 Å². The van der Waals surface area contributed by atoms with Crippen molar-refractivity contribution < 1.29 is 4.74 Å². The van der Waals surface area contributed by atoms with E-state index < -0.39 is 0 Å². The molecule has 104 valence electrons. The molecule has 1 N–H and O–H groups in total. The van der Waals surface area contributed by atoms with Gasteiger partial charge in [-0.2, -0.15) is 0 Å². The number of ether oxygens (including phenoxy) is 1. The third-order valence-corrected chi connectivity index (χ3v) is 4.00. The Hall–Kier alpha value is -1.67. The number of rotatable bonds is 4. The van der Waals surface area contributed by atoms with Gasteiger partial charge in [-0.05, 0) is 49.1 Å².